The summed E-state index contributed by atoms with van der Waals surface area (Å²) in [6.07, 6.45) is -2.02. The Bertz CT molecular complexity index is 1160. The van der Waals surface area contributed by atoms with E-state index in [0.29, 0.717) is 0 Å². The minimum absolute atomic E-state index is 0.00434. The van der Waals surface area contributed by atoms with Crippen molar-refractivity contribution in [2.75, 3.05) is 20.0 Å². The summed E-state index contributed by atoms with van der Waals surface area (Å²) in [5.41, 5.74) is -1.34. The van der Waals surface area contributed by atoms with Crippen LogP contribution in [-0.4, -0.2) is 72.7 Å². The molecule has 10 heteroatoms. The maximum absolute atomic E-state index is 12.3. The Balaban J connectivity index is 1.84. The van der Waals surface area contributed by atoms with Gasteiger partial charge in [0, 0.05) is 7.11 Å². The van der Waals surface area contributed by atoms with Gasteiger partial charge in [-0.3, -0.25) is 4.18 Å². The van der Waals surface area contributed by atoms with E-state index < -0.39 is 54.4 Å². The maximum Gasteiger partial charge on any atom is 0.264 e. The second kappa shape index (κ2) is 10.4. The van der Waals surface area contributed by atoms with Crippen molar-refractivity contribution in [3.8, 4) is 0 Å². The molecule has 0 amide bonds. The molecule has 2 aliphatic rings. The fraction of sp³-hybridized carbons (Fsp3) is 0.571. The molecule has 0 aliphatic carbocycles. The van der Waals surface area contributed by atoms with E-state index in [0.717, 1.165) is 16.6 Å². The van der Waals surface area contributed by atoms with E-state index in [1.54, 1.807) is 27.9 Å². The summed E-state index contributed by atoms with van der Waals surface area (Å²) >= 11 is 0. The average Bonchev–Trinajstić information content (AvgIpc) is 3.27. The molecular formula is C28H40O8SSi. The molecule has 0 spiro atoms. The third-order valence-corrected chi connectivity index (χ3v) is 13.0. The lowest BCUT2D eigenvalue weighted by molar-refractivity contribution is -0.262. The van der Waals surface area contributed by atoms with Crippen LogP contribution in [0.1, 0.15) is 41.5 Å². The number of fused-ring (bicyclic) bond motifs is 1. The van der Waals surface area contributed by atoms with E-state index in [-0.39, 0.29) is 11.6 Å². The highest BCUT2D eigenvalue weighted by Crippen LogP contribution is 2.47. The minimum Gasteiger partial charge on any atom is -0.404 e. The standard InChI is InChI=1S/C28H40O8SSi/c1-20(36-37(8,29)30)28(24(31-7)23-25(35-28)34-27(5,6)33-23)19-32-38(26(2,3)4,21-15-11-9-12-16-21)22-17-13-10-14-18-22/h9-18,20,23-25H,19H2,1-8H3/t20-,23+,24-,25-,28-/m0/s1. The van der Waals surface area contributed by atoms with Crippen molar-refractivity contribution in [3.05, 3.63) is 60.7 Å². The van der Waals surface area contributed by atoms with Gasteiger partial charge in [-0.2, -0.15) is 8.42 Å². The molecule has 210 valence electrons. The van der Waals surface area contributed by atoms with E-state index in [2.05, 4.69) is 45.0 Å². The van der Waals surface area contributed by atoms with E-state index >= 15 is 0 Å². The minimum atomic E-state index is -3.82. The number of hydrogen-bond donors (Lipinski definition) is 0. The van der Waals surface area contributed by atoms with E-state index in [9.17, 15) is 8.42 Å². The predicted octanol–water partition coefficient (Wildman–Crippen LogP) is 3.19. The molecule has 2 aliphatic heterocycles. The number of hydrogen-bond acceptors (Lipinski definition) is 8. The predicted molar refractivity (Wildman–Crippen MR) is 147 cm³/mol. The maximum atomic E-state index is 12.3. The Morgan fingerprint density at radius 1 is 0.947 bits per heavy atom. The van der Waals surface area contributed by atoms with Crippen LogP contribution in [0.3, 0.4) is 0 Å². The van der Waals surface area contributed by atoms with Crippen molar-refractivity contribution in [2.45, 2.75) is 82.6 Å². The number of ether oxygens (including phenoxy) is 4. The molecule has 0 saturated carbocycles. The average molecular weight is 565 g/mol. The lowest BCUT2D eigenvalue weighted by Gasteiger charge is -2.47. The van der Waals surface area contributed by atoms with Gasteiger partial charge >= 0.3 is 0 Å². The molecule has 38 heavy (non-hydrogen) atoms. The summed E-state index contributed by atoms with van der Waals surface area (Å²) in [6.45, 7) is 11.8. The second-order valence-corrected chi connectivity index (χ2v) is 17.5. The van der Waals surface area contributed by atoms with Crippen molar-refractivity contribution in [1.29, 1.82) is 0 Å². The first kappa shape index (κ1) is 29.4. The van der Waals surface area contributed by atoms with Crippen molar-refractivity contribution >= 4 is 28.8 Å². The molecule has 0 aromatic heterocycles. The molecule has 2 heterocycles. The number of methoxy groups -OCH3 is 1. The fourth-order valence-corrected chi connectivity index (χ4v) is 11.1. The van der Waals surface area contributed by atoms with E-state index in [1.165, 1.54) is 0 Å². The molecule has 0 N–H and O–H groups in total. The Morgan fingerprint density at radius 2 is 1.47 bits per heavy atom. The van der Waals surface area contributed by atoms with Gasteiger partial charge < -0.3 is 23.4 Å². The van der Waals surface area contributed by atoms with Gasteiger partial charge in [0.2, 0.25) is 0 Å². The highest BCUT2D eigenvalue weighted by molar-refractivity contribution is 7.86. The quantitative estimate of drug-likeness (QED) is 0.339. The molecular weight excluding hydrogens is 524 g/mol. The van der Waals surface area contributed by atoms with Gasteiger partial charge in [0.05, 0.1) is 12.9 Å². The third kappa shape index (κ3) is 5.38. The fourth-order valence-electron chi connectivity index (χ4n) is 5.84. The molecule has 4 rings (SSSR count). The van der Waals surface area contributed by atoms with E-state index in [1.807, 2.05) is 36.4 Å². The molecule has 2 saturated heterocycles. The van der Waals surface area contributed by atoms with Crippen LogP contribution in [0.2, 0.25) is 5.04 Å². The summed E-state index contributed by atoms with van der Waals surface area (Å²) in [7, 11) is -5.27. The van der Waals surface area contributed by atoms with Gasteiger partial charge in [-0.05, 0) is 36.2 Å². The van der Waals surface area contributed by atoms with Crippen LogP contribution in [0.5, 0.6) is 0 Å². The largest absolute Gasteiger partial charge is 0.404 e. The van der Waals surface area contributed by atoms with Crippen LogP contribution < -0.4 is 10.4 Å². The number of benzene rings is 2. The molecule has 0 unspecified atom stereocenters. The molecule has 0 bridgehead atoms. The molecule has 0 radical (unpaired) electrons. The van der Waals surface area contributed by atoms with Gasteiger partial charge in [-0.15, -0.1) is 0 Å². The van der Waals surface area contributed by atoms with Crippen molar-refractivity contribution in [1.82, 2.24) is 0 Å². The summed E-state index contributed by atoms with van der Waals surface area (Å²) in [5, 5.41) is 1.88. The topological polar surface area (TPSA) is 89.5 Å². The smallest absolute Gasteiger partial charge is 0.264 e. The van der Waals surface area contributed by atoms with Gasteiger partial charge in [-0.25, -0.2) is 0 Å². The SMILES string of the molecule is CO[C@H]1[C@H]2OC(C)(C)O[C@H]2O[C@@]1(CO[Si](c1ccccc1)(c1ccccc1)C(C)(C)C)[C@H](C)OS(C)(=O)=O. The van der Waals surface area contributed by atoms with Gasteiger partial charge in [0.1, 0.15) is 23.9 Å². The van der Waals surface area contributed by atoms with Crippen molar-refractivity contribution in [2.24, 2.45) is 0 Å². The second-order valence-electron chi connectivity index (χ2n) is 11.6. The van der Waals surface area contributed by atoms with Crippen LogP contribution in [0, 0.1) is 0 Å². The van der Waals surface area contributed by atoms with Gasteiger partial charge in [-0.1, -0.05) is 81.4 Å². The van der Waals surface area contributed by atoms with Crippen LogP contribution in [-0.2, 0) is 37.7 Å². The number of rotatable bonds is 9. The molecule has 8 nitrogen and oxygen atoms in total. The Labute approximate surface area is 227 Å². The first-order valence-electron chi connectivity index (χ1n) is 12.8. The van der Waals surface area contributed by atoms with Gasteiger partial charge in [0.25, 0.3) is 18.4 Å². The zero-order chi connectivity index (χ0) is 28.0. The summed E-state index contributed by atoms with van der Waals surface area (Å²) in [5.74, 6) is -0.877. The van der Waals surface area contributed by atoms with Crippen LogP contribution >= 0.6 is 0 Å². The van der Waals surface area contributed by atoms with E-state index in [4.69, 9.17) is 27.6 Å². The summed E-state index contributed by atoms with van der Waals surface area (Å²) in [4.78, 5) is 0. The monoisotopic (exact) mass is 564 g/mol. The summed E-state index contributed by atoms with van der Waals surface area (Å²) < 4.78 is 62.0. The lowest BCUT2D eigenvalue weighted by atomic mass is 9.90. The first-order chi connectivity index (χ1) is 17.7. The Morgan fingerprint density at radius 3 is 1.92 bits per heavy atom. The molecule has 2 aromatic rings. The normalized spacial score (nSPS) is 28.3. The highest BCUT2D eigenvalue weighted by atomic mass is 32.2. The third-order valence-electron chi connectivity index (χ3n) is 7.40. The zero-order valence-electron chi connectivity index (χ0n) is 23.5. The Kier molecular flexibility index (Phi) is 8.04. The van der Waals surface area contributed by atoms with Crippen LogP contribution in [0.15, 0.2) is 60.7 Å². The van der Waals surface area contributed by atoms with Gasteiger partial charge in [0.15, 0.2) is 12.1 Å². The zero-order valence-corrected chi connectivity index (χ0v) is 25.3. The molecule has 2 aromatic carbocycles. The van der Waals surface area contributed by atoms with Crippen LogP contribution in [0.25, 0.3) is 0 Å². The van der Waals surface area contributed by atoms with Crippen LogP contribution in [0.4, 0.5) is 0 Å². The highest BCUT2D eigenvalue weighted by Gasteiger charge is 2.66. The van der Waals surface area contributed by atoms with Crippen molar-refractivity contribution < 1.29 is 36.0 Å². The summed E-state index contributed by atoms with van der Waals surface area (Å²) in [6, 6.07) is 20.4. The lowest BCUT2D eigenvalue weighted by Crippen LogP contribution is -2.69. The Hall–Kier alpha value is -1.63. The molecule has 2 fully saturated rings. The van der Waals surface area contributed by atoms with Crippen molar-refractivity contribution in [3.63, 3.8) is 0 Å². The molecule has 5 atom stereocenters. The first-order valence-corrected chi connectivity index (χ1v) is 16.6.